The van der Waals surface area contributed by atoms with Gasteiger partial charge in [0, 0.05) is 19.2 Å². The van der Waals surface area contributed by atoms with Gasteiger partial charge < -0.3 is 10.1 Å². The number of nitrogens with one attached hydrogen (secondary N) is 1. The molecular formula is C12H14ClF3N2O2. The lowest BCUT2D eigenvalue weighted by atomic mass is 10.2. The van der Waals surface area contributed by atoms with Crippen LogP contribution in [-0.4, -0.2) is 36.5 Å². The summed E-state index contributed by atoms with van der Waals surface area (Å²) in [6.45, 7) is 0.263. The fraction of sp³-hybridized carbons (Fsp3) is 0.500. The summed E-state index contributed by atoms with van der Waals surface area (Å²) < 4.78 is 42.0. The van der Waals surface area contributed by atoms with Crippen LogP contribution in [0.4, 0.5) is 13.2 Å². The highest BCUT2D eigenvalue weighted by Gasteiger charge is 2.31. The van der Waals surface area contributed by atoms with Crippen molar-refractivity contribution in [1.82, 2.24) is 10.3 Å². The Hall–Kier alpha value is -1.34. The lowest BCUT2D eigenvalue weighted by Crippen LogP contribution is -2.38. The van der Waals surface area contributed by atoms with E-state index in [1.807, 2.05) is 0 Å². The van der Waals surface area contributed by atoms with Gasteiger partial charge in [-0.2, -0.15) is 13.2 Å². The molecule has 1 atom stereocenters. The van der Waals surface area contributed by atoms with Crippen LogP contribution in [0.15, 0.2) is 18.3 Å². The number of pyridine rings is 1. The highest BCUT2D eigenvalue weighted by Crippen LogP contribution is 2.28. The van der Waals surface area contributed by atoms with Crippen LogP contribution in [0, 0.1) is 0 Å². The van der Waals surface area contributed by atoms with Crippen molar-refractivity contribution in [2.24, 2.45) is 0 Å². The van der Waals surface area contributed by atoms with E-state index in [0.29, 0.717) is 18.5 Å². The topological polar surface area (TPSA) is 51.2 Å². The van der Waals surface area contributed by atoms with E-state index in [9.17, 15) is 18.0 Å². The third-order valence-corrected chi connectivity index (χ3v) is 2.70. The molecule has 0 aliphatic rings. The Morgan fingerprint density at radius 1 is 1.50 bits per heavy atom. The first-order valence-electron chi connectivity index (χ1n) is 5.77. The second-order valence-electron chi connectivity index (χ2n) is 4.03. The first-order chi connectivity index (χ1) is 9.38. The van der Waals surface area contributed by atoms with E-state index < -0.39 is 17.6 Å². The zero-order chi connectivity index (χ0) is 15.2. The molecule has 0 radical (unpaired) electrons. The number of methoxy groups -OCH3 is 1. The molecule has 1 aromatic heterocycles. The summed E-state index contributed by atoms with van der Waals surface area (Å²) in [6, 6.07) is 1.53. The molecule has 0 bridgehead atoms. The number of rotatable bonds is 6. The van der Waals surface area contributed by atoms with E-state index in [-0.39, 0.29) is 18.3 Å². The molecule has 8 heteroatoms. The summed E-state index contributed by atoms with van der Waals surface area (Å²) >= 11 is 5.58. The summed E-state index contributed by atoms with van der Waals surface area (Å²) in [5, 5.41) is 2.60. The van der Waals surface area contributed by atoms with Gasteiger partial charge >= 0.3 is 6.18 Å². The molecule has 0 saturated carbocycles. The third kappa shape index (κ3) is 4.97. The van der Waals surface area contributed by atoms with Gasteiger partial charge in [0.1, 0.15) is 5.69 Å². The predicted molar refractivity (Wildman–Crippen MR) is 67.7 cm³/mol. The summed E-state index contributed by atoms with van der Waals surface area (Å²) in [7, 11) is 1.48. The largest absolute Gasteiger partial charge is 0.417 e. The number of halogens is 4. The minimum Gasteiger partial charge on any atom is -0.383 e. The fourth-order valence-corrected chi connectivity index (χ4v) is 1.75. The van der Waals surface area contributed by atoms with Crippen molar-refractivity contribution < 1.29 is 22.7 Å². The summed E-state index contributed by atoms with van der Waals surface area (Å²) in [6.07, 6.45) is -3.36. The Balaban J connectivity index is 2.72. The molecule has 112 valence electrons. The number of ether oxygens (including phenoxy) is 1. The molecule has 1 amide bonds. The molecule has 20 heavy (non-hydrogen) atoms. The van der Waals surface area contributed by atoms with Gasteiger partial charge in [0.05, 0.1) is 18.2 Å². The average Bonchev–Trinajstić information content (AvgIpc) is 2.38. The molecule has 1 rings (SSSR count). The number of nitrogens with zero attached hydrogens (tertiary/aromatic N) is 1. The maximum Gasteiger partial charge on any atom is 0.417 e. The average molecular weight is 311 g/mol. The minimum absolute atomic E-state index is 0.0892. The Morgan fingerprint density at radius 2 is 2.20 bits per heavy atom. The van der Waals surface area contributed by atoms with Crippen LogP contribution < -0.4 is 5.32 Å². The normalized spacial score (nSPS) is 13.1. The van der Waals surface area contributed by atoms with Crippen molar-refractivity contribution in [1.29, 1.82) is 0 Å². The van der Waals surface area contributed by atoms with Crippen LogP contribution in [-0.2, 0) is 10.9 Å². The molecule has 4 nitrogen and oxygen atoms in total. The maximum absolute atomic E-state index is 12.4. The smallest absolute Gasteiger partial charge is 0.383 e. The molecule has 1 heterocycles. The second-order valence-corrected chi connectivity index (χ2v) is 4.41. The van der Waals surface area contributed by atoms with E-state index in [1.54, 1.807) is 0 Å². The predicted octanol–water partition coefficient (Wildman–Crippen LogP) is 2.47. The molecule has 1 unspecified atom stereocenters. The Kier molecular flexibility index (Phi) is 6.22. The monoisotopic (exact) mass is 310 g/mol. The number of carbonyl (C=O) groups is 1. The van der Waals surface area contributed by atoms with Gasteiger partial charge in [-0.3, -0.25) is 9.78 Å². The number of carbonyl (C=O) groups excluding carboxylic acids is 1. The first-order valence-corrected chi connectivity index (χ1v) is 6.31. The van der Waals surface area contributed by atoms with Gasteiger partial charge in [-0.25, -0.2) is 0 Å². The molecular weight excluding hydrogens is 297 g/mol. The molecule has 0 aromatic carbocycles. The van der Waals surface area contributed by atoms with Gasteiger partial charge in [-0.05, 0) is 18.6 Å². The highest BCUT2D eigenvalue weighted by atomic mass is 35.5. The van der Waals surface area contributed by atoms with Crippen LogP contribution in [0.1, 0.15) is 22.5 Å². The van der Waals surface area contributed by atoms with Crippen molar-refractivity contribution >= 4 is 17.5 Å². The quantitative estimate of drug-likeness (QED) is 0.821. The van der Waals surface area contributed by atoms with Crippen LogP contribution in [0.25, 0.3) is 0 Å². The fourth-order valence-electron chi connectivity index (χ4n) is 1.49. The SMILES string of the molecule is COCC(CCCl)NC(=O)c1ccc(C(F)(F)F)cn1. The number of hydrogen-bond acceptors (Lipinski definition) is 3. The zero-order valence-corrected chi connectivity index (χ0v) is 11.5. The van der Waals surface area contributed by atoms with E-state index in [1.165, 1.54) is 7.11 Å². The molecule has 0 aliphatic heterocycles. The number of amides is 1. The zero-order valence-electron chi connectivity index (χ0n) is 10.7. The van der Waals surface area contributed by atoms with Gasteiger partial charge in [0.25, 0.3) is 5.91 Å². The molecule has 0 fully saturated rings. The van der Waals surface area contributed by atoms with E-state index in [4.69, 9.17) is 16.3 Å². The van der Waals surface area contributed by atoms with Gasteiger partial charge in [-0.15, -0.1) is 11.6 Å². The molecule has 1 aromatic rings. The number of alkyl halides is 4. The number of hydrogen-bond donors (Lipinski definition) is 1. The van der Waals surface area contributed by atoms with Gasteiger partial charge in [-0.1, -0.05) is 0 Å². The van der Waals surface area contributed by atoms with Gasteiger partial charge in [0.2, 0.25) is 0 Å². The van der Waals surface area contributed by atoms with Crippen LogP contribution >= 0.6 is 11.6 Å². The van der Waals surface area contributed by atoms with Crippen molar-refractivity contribution in [2.75, 3.05) is 19.6 Å². The Morgan fingerprint density at radius 3 is 2.65 bits per heavy atom. The van der Waals surface area contributed by atoms with Crippen LogP contribution in [0.2, 0.25) is 0 Å². The second kappa shape index (κ2) is 7.44. The lowest BCUT2D eigenvalue weighted by Gasteiger charge is -2.16. The Bertz CT molecular complexity index is 431. The van der Waals surface area contributed by atoms with Crippen LogP contribution in [0.5, 0.6) is 0 Å². The number of aromatic nitrogens is 1. The minimum atomic E-state index is -4.47. The van der Waals surface area contributed by atoms with Crippen molar-refractivity contribution in [3.63, 3.8) is 0 Å². The summed E-state index contributed by atoms with van der Waals surface area (Å²) in [5.74, 6) is -0.236. The first kappa shape index (κ1) is 16.7. The van der Waals surface area contributed by atoms with Crippen LogP contribution in [0.3, 0.4) is 0 Å². The van der Waals surface area contributed by atoms with Crippen molar-refractivity contribution in [2.45, 2.75) is 18.6 Å². The standard InChI is InChI=1S/C12H14ClF3N2O2/c1-20-7-9(4-5-13)18-11(19)10-3-2-8(6-17-10)12(14,15)16/h2-3,6,9H,4-5,7H2,1H3,(H,18,19). The molecule has 1 N–H and O–H groups in total. The maximum atomic E-state index is 12.4. The molecule has 0 aliphatic carbocycles. The summed E-state index contributed by atoms with van der Waals surface area (Å²) in [5.41, 5.74) is -0.989. The van der Waals surface area contributed by atoms with E-state index >= 15 is 0 Å². The highest BCUT2D eigenvalue weighted by molar-refractivity contribution is 6.17. The molecule has 0 saturated heterocycles. The van der Waals surface area contributed by atoms with Gasteiger partial charge in [0.15, 0.2) is 0 Å². The van der Waals surface area contributed by atoms with Crippen molar-refractivity contribution in [3.8, 4) is 0 Å². The van der Waals surface area contributed by atoms with E-state index in [0.717, 1.165) is 12.1 Å². The summed E-state index contributed by atoms with van der Waals surface area (Å²) in [4.78, 5) is 15.3. The Labute approximate surface area is 119 Å². The molecule has 0 spiro atoms. The van der Waals surface area contributed by atoms with Crippen molar-refractivity contribution in [3.05, 3.63) is 29.6 Å². The lowest BCUT2D eigenvalue weighted by molar-refractivity contribution is -0.137. The van der Waals surface area contributed by atoms with E-state index in [2.05, 4.69) is 10.3 Å². The third-order valence-electron chi connectivity index (χ3n) is 2.48.